The van der Waals surface area contributed by atoms with Crippen LogP contribution in [0.15, 0.2) is 42.5 Å². The van der Waals surface area contributed by atoms with E-state index in [-0.39, 0.29) is 6.42 Å². The van der Waals surface area contributed by atoms with Crippen molar-refractivity contribution in [2.24, 2.45) is 5.73 Å². The molecule has 0 aliphatic heterocycles. The number of aliphatic hydroxyl groups is 1. The molecule has 0 aromatic heterocycles. The summed E-state index contributed by atoms with van der Waals surface area (Å²) in [5, 5.41) is 12.1. The minimum Gasteiger partial charge on any atom is -0.381 e. The molecule has 0 heterocycles. The van der Waals surface area contributed by atoms with Gasteiger partial charge in [-0.15, -0.1) is 0 Å². The topological polar surface area (TPSA) is 92.4 Å². The summed E-state index contributed by atoms with van der Waals surface area (Å²) >= 11 is 0. The molecule has 2 rings (SSSR count). The van der Waals surface area contributed by atoms with Crippen molar-refractivity contribution in [1.82, 2.24) is 5.32 Å². The molecule has 0 fully saturated rings. The number of benzene rings is 2. The SMILES string of the molecule is NC(=O)C(O)C(Cc1ccccc1)NC(=O)c1c(F)cc(F)cc1F. The number of carbonyl (C=O) groups excluding carboxylic acids is 2. The largest absolute Gasteiger partial charge is 0.381 e. The van der Waals surface area contributed by atoms with Crippen molar-refractivity contribution in [3.63, 3.8) is 0 Å². The number of primary amides is 1. The van der Waals surface area contributed by atoms with Crippen molar-refractivity contribution in [1.29, 1.82) is 0 Å². The zero-order valence-electron chi connectivity index (χ0n) is 12.9. The number of hydrogen-bond donors (Lipinski definition) is 3. The highest BCUT2D eigenvalue weighted by atomic mass is 19.1. The van der Waals surface area contributed by atoms with E-state index in [1.54, 1.807) is 30.3 Å². The molecule has 132 valence electrons. The smallest absolute Gasteiger partial charge is 0.257 e. The fraction of sp³-hybridized carbons (Fsp3) is 0.176. The molecule has 25 heavy (non-hydrogen) atoms. The number of amides is 2. The summed E-state index contributed by atoms with van der Waals surface area (Å²) in [7, 11) is 0. The van der Waals surface area contributed by atoms with Crippen LogP contribution in [0.25, 0.3) is 0 Å². The van der Waals surface area contributed by atoms with Gasteiger partial charge in [-0.2, -0.15) is 0 Å². The van der Waals surface area contributed by atoms with E-state index in [1.807, 2.05) is 0 Å². The molecule has 2 unspecified atom stereocenters. The van der Waals surface area contributed by atoms with Gasteiger partial charge in [0.2, 0.25) is 5.91 Å². The monoisotopic (exact) mass is 352 g/mol. The highest BCUT2D eigenvalue weighted by molar-refractivity contribution is 5.95. The maximum Gasteiger partial charge on any atom is 0.257 e. The summed E-state index contributed by atoms with van der Waals surface area (Å²) in [6, 6.07) is 7.97. The molecule has 0 aliphatic rings. The lowest BCUT2D eigenvalue weighted by atomic mass is 10.00. The molecular weight excluding hydrogens is 337 g/mol. The lowest BCUT2D eigenvalue weighted by molar-refractivity contribution is -0.127. The number of rotatable bonds is 6. The van der Waals surface area contributed by atoms with Crippen molar-refractivity contribution in [2.45, 2.75) is 18.6 Å². The predicted octanol–water partition coefficient (Wildman–Crippen LogP) is 1.29. The van der Waals surface area contributed by atoms with Gasteiger partial charge in [-0.25, -0.2) is 13.2 Å². The van der Waals surface area contributed by atoms with Gasteiger partial charge in [-0.3, -0.25) is 9.59 Å². The Morgan fingerprint density at radius 1 is 1.08 bits per heavy atom. The van der Waals surface area contributed by atoms with Crippen molar-refractivity contribution in [3.8, 4) is 0 Å². The third-order valence-corrected chi connectivity index (χ3v) is 3.52. The molecule has 0 radical (unpaired) electrons. The number of nitrogens with one attached hydrogen (secondary N) is 1. The Balaban J connectivity index is 2.27. The second-order valence-corrected chi connectivity index (χ2v) is 5.36. The number of carbonyl (C=O) groups is 2. The van der Waals surface area contributed by atoms with E-state index in [1.165, 1.54) is 0 Å². The summed E-state index contributed by atoms with van der Waals surface area (Å²) in [6.45, 7) is 0. The van der Waals surface area contributed by atoms with Gasteiger partial charge in [-0.05, 0) is 12.0 Å². The first-order valence-corrected chi connectivity index (χ1v) is 7.26. The van der Waals surface area contributed by atoms with E-state index in [0.717, 1.165) is 0 Å². The fourth-order valence-corrected chi connectivity index (χ4v) is 2.31. The first-order valence-electron chi connectivity index (χ1n) is 7.26. The van der Waals surface area contributed by atoms with E-state index < -0.39 is 47.0 Å². The number of hydrogen-bond acceptors (Lipinski definition) is 3. The Labute approximate surface area is 141 Å². The Hall–Kier alpha value is -2.87. The van der Waals surface area contributed by atoms with Gasteiger partial charge < -0.3 is 16.2 Å². The summed E-state index contributed by atoms with van der Waals surface area (Å²) in [4.78, 5) is 23.4. The molecule has 2 aromatic carbocycles. The van der Waals surface area contributed by atoms with Gasteiger partial charge >= 0.3 is 0 Å². The van der Waals surface area contributed by atoms with E-state index in [4.69, 9.17) is 5.73 Å². The molecule has 2 aromatic rings. The Bertz CT molecular complexity index is 761. The van der Waals surface area contributed by atoms with Crippen LogP contribution in [-0.2, 0) is 11.2 Å². The molecule has 2 atom stereocenters. The highest BCUT2D eigenvalue weighted by Crippen LogP contribution is 2.16. The second kappa shape index (κ2) is 7.80. The van der Waals surface area contributed by atoms with Crippen LogP contribution < -0.4 is 11.1 Å². The summed E-state index contributed by atoms with van der Waals surface area (Å²) in [5.74, 6) is -6.33. The average Bonchev–Trinajstić information content (AvgIpc) is 2.53. The van der Waals surface area contributed by atoms with Crippen LogP contribution in [0.4, 0.5) is 13.2 Å². The van der Waals surface area contributed by atoms with Crippen molar-refractivity contribution in [3.05, 3.63) is 71.0 Å². The molecule has 8 heteroatoms. The molecule has 5 nitrogen and oxygen atoms in total. The van der Waals surface area contributed by atoms with Crippen LogP contribution in [0, 0.1) is 17.5 Å². The molecule has 0 bridgehead atoms. The first kappa shape index (κ1) is 18.5. The standard InChI is InChI=1S/C17H15F3N2O3/c18-10-7-11(19)14(12(20)8-10)17(25)22-13(15(23)16(21)24)6-9-4-2-1-3-5-9/h1-5,7-8,13,15,23H,6H2,(H2,21,24)(H,22,25). The van der Waals surface area contributed by atoms with Crippen LogP contribution in [0.1, 0.15) is 15.9 Å². The summed E-state index contributed by atoms with van der Waals surface area (Å²) in [5.41, 5.74) is 4.68. The molecule has 0 aliphatic carbocycles. The maximum absolute atomic E-state index is 13.7. The van der Waals surface area contributed by atoms with Gasteiger partial charge in [0.05, 0.1) is 6.04 Å². The fourth-order valence-electron chi connectivity index (χ4n) is 2.31. The van der Waals surface area contributed by atoms with E-state index in [0.29, 0.717) is 17.7 Å². The van der Waals surface area contributed by atoms with Gasteiger partial charge in [-0.1, -0.05) is 30.3 Å². The third kappa shape index (κ3) is 4.57. The van der Waals surface area contributed by atoms with Gasteiger partial charge in [0.1, 0.15) is 23.0 Å². The molecule has 0 saturated carbocycles. The third-order valence-electron chi connectivity index (χ3n) is 3.52. The molecule has 2 amide bonds. The Kier molecular flexibility index (Phi) is 5.76. The quantitative estimate of drug-likeness (QED) is 0.731. The second-order valence-electron chi connectivity index (χ2n) is 5.36. The molecule has 0 spiro atoms. The van der Waals surface area contributed by atoms with Crippen LogP contribution in [0.3, 0.4) is 0 Å². The van der Waals surface area contributed by atoms with E-state index in [2.05, 4.69) is 5.32 Å². The lowest BCUT2D eigenvalue weighted by Gasteiger charge is -2.22. The maximum atomic E-state index is 13.7. The predicted molar refractivity (Wildman–Crippen MR) is 82.9 cm³/mol. The highest BCUT2D eigenvalue weighted by Gasteiger charge is 2.28. The molecular formula is C17H15F3N2O3. The number of halogens is 3. The zero-order valence-corrected chi connectivity index (χ0v) is 12.9. The van der Waals surface area contributed by atoms with Crippen molar-refractivity contribution in [2.75, 3.05) is 0 Å². The van der Waals surface area contributed by atoms with E-state index in [9.17, 15) is 27.9 Å². The minimum absolute atomic E-state index is 0.0128. The average molecular weight is 352 g/mol. The van der Waals surface area contributed by atoms with Gasteiger partial charge in [0.15, 0.2) is 6.10 Å². The van der Waals surface area contributed by atoms with Crippen molar-refractivity contribution < 1.29 is 27.9 Å². The van der Waals surface area contributed by atoms with Crippen LogP contribution in [0.5, 0.6) is 0 Å². The first-order chi connectivity index (χ1) is 11.8. The van der Waals surface area contributed by atoms with Gasteiger partial charge in [0, 0.05) is 12.1 Å². The molecule has 0 saturated heterocycles. The van der Waals surface area contributed by atoms with E-state index >= 15 is 0 Å². The van der Waals surface area contributed by atoms with Crippen LogP contribution in [0.2, 0.25) is 0 Å². The number of aliphatic hydroxyl groups excluding tert-OH is 1. The Morgan fingerprint density at radius 2 is 1.64 bits per heavy atom. The summed E-state index contributed by atoms with van der Waals surface area (Å²) < 4.78 is 40.4. The van der Waals surface area contributed by atoms with Gasteiger partial charge in [0.25, 0.3) is 5.91 Å². The van der Waals surface area contributed by atoms with Crippen molar-refractivity contribution >= 4 is 11.8 Å². The number of nitrogens with two attached hydrogens (primary N) is 1. The van der Waals surface area contributed by atoms with Crippen LogP contribution >= 0.6 is 0 Å². The minimum atomic E-state index is -1.78. The normalized spacial score (nSPS) is 13.1. The molecule has 4 N–H and O–H groups in total. The summed E-state index contributed by atoms with van der Waals surface area (Å²) in [6.07, 6.45) is -1.79. The van der Waals surface area contributed by atoms with Crippen LogP contribution in [-0.4, -0.2) is 29.1 Å². The Morgan fingerprint density at radius 3 is 2.16 bits per heavy atom. The lowest BCUT2D eigenvalue weighted by Crippen LogP contribution is -2.50. The zero-order chi connectivity index (χ0) is 18.6.